The summed E-state index contributed by atoms with van der Waals surface area (Å²) >= 11 is 0. The molecule has 5 rings (SSSR count). The molecule has 39 heavy (non-hydrogen) atoms. The number of hydrogen-bond donors (Lipinski definition) is 2. The van der Waals surface area contributed by atoms with Crippen molar-refractivity contribution in [3.63, 3.8) is 0 Å². The molecule has 8 heteroatoms. The lowest BCUT2D eigenvalue weighted by molar-refractivity contribution is 0.0928. The summed E-state index contributed by atoms with van der Waals surface area (Å²) in [4.78, 5) is 28.3. The Balaban J connectivity index is 1.68. The van der Waals surface area contributed by atoms with Crippen LogP contribution in [-0.2, 0) is 4.74 Å². The third-order valence-electron chi connectivity index (χ3n) is 7.17. The van der Waals surface area contributed by atoms with Gasteiger partial charge < -0.3 is 24.7 Å². The first kappa shape index (κ1) is 26.4. The SMILES string of the molecule is CCN(CC)c1cc2oc(-c3ccc(F)cc3)c(C(=O)NC)c2cc1-c1cccc(C(=O)NC2CCOC2)c1. The summed E-state index contributed by atoms with van der Waals surface area (Å²) in [5, 5.41) is 6.40. The number of hydrogen-bond acceptors (Lipinski definition) is 5. The van der Waals surface area contributed by atoms with Crippen LogP contribution in [0, 0.1) is 5.82 Å². The maximum atomic E-state index is 13.6. The molecule has 0 bridgehead atoms. The van der Waals surface area contributed by atoms with Crippen molar-refractivity contribution in [3.8, 4) is 22.5 Å². The van der Waals surface area contributed by atoms with Crippen molar-refractivity contribution in [2.75, 3.05) is 38.3 Å². The zero-order valence-corrected chi connectivity index (χ0v) is 22.3. The van der Waals surface area contributed by atoms with Gasteiger partial charge in [-0.1, -0.05) is 12.1 Å². The minimum Gasteiger partial charge on any atom is -0.455 e. The van der Waals surface area contributed by atoms with Crippen LogP contribution in [0.15, 0.2) is 65.1 Å². The number of amides is 2. The van der Waals surface area contributed by atoms with E-state index in [1.54, 1.807) is 25.2 Å². The van der Waals surface area contributed by atoms with E-state index in [0.717, 1.165) is 36.3 Å². The Morgan fingerprint density at radius 2 is 1.77 bits per heavy atom. The molecule has 2 N–H and O–H groups in total. The molecular formula is C31H32FN3O4. The molecule has 2 heterocycles. The van der Waals surface area contributed by atoms with Crippen LogP contribution in [-0.4, -0.2) is 51.2 Å². The zero-order chi connectivity index (χ0) is 27.5. The molecule has 2 amide bonds. The van der Waals surface area contributed by atoms with Crippen molar-refractivity contribution >= 4 is 28.5 Å². The van der Waals surface area contributed by atoms with Gasteiger partial charge in [-0.2, -0.15) is 0 Å². The molecular weight excluding hydrogens is 497 g/mol. The highest BCUT2D eigenvalue weighted by Gasteiger charge is 2.25. The summed E-state index contributed by atoms with van der Waals surface area (Å²) in [7, 11) is 1.57. The number of furan rings is 1. The highest BCUT2D eigenvalue weighted by Crippen LogP contribution is 2.41. The number of carbonyl (C=O) groups is 2. The minimum absolute atomic E-state index is 0.00895. The number of rotatable bonds is 8. The van der Waals surface area contributed by atoms with Crippen molar-refractivity contribution in [1.82, 2.24) is 10.6 Å². The number of halogens is 1. The summed E-state index contributed by atoms with van der Waals surface area (Å²) < 4.78 is 25.3. The Kier molecular flexibility index (Phi) is 7.65. The van der Waals surface area contributed by atoms with Gasteiger partial charge in [0.15, 0.2) is 0 Å². The average Bonchev–Trinajstić information content (AvgIpc) is 3.61. The Morgan fingerprint density at radius 3 is 2.44 bits per heavy atom. The van der Waals surface area contributed by atoms with Crippen molar-refractivity contribution in [2.24, 2.45) is 0 Å². The van der Waals surface area contributed by atoms with Gasteiger partial charge in [0, 0.05) is 60.6 Å². The van der Waals surface area contributed by atoms with E-state index < -0.39 is 0 Å². The fraction of sp³-hybridized carbons (Fsp3) is 0.290. The highest BCUT2D eigenvalue weighted by molar-refractivity contribution is 6.13. The number of carbonyl (C=O) groups excluding carboxylic acids is 2. The molecule has 202 valence electrons. The van der Waals surface area contributed by atoms with Gasteiger partial charge >= 0.3 is 0 Å². The molecule has 0 saturated carbocycles. The van der Waals surface area contributed by atoms with Gasteiger partial charge in [0.2, 0.25) is 0 Å². The molecule has 7 nitrogen and oxygen atoms in total. The first-order chi connectivity index (χ1) is 18.9. The van der Waals surface area contributed by atoms with E-state index in [2.05, 4.69) is 29.4 Å². The van der Waals surface area contributed by atoms with Gasteiger partial charge in [-0.15, -0.1) is 0 Å². The van der Waals surface area contributed by atoms with Crippen molar-refractivity contribution in [3.05, 3.63) is 77.6 Å². The summed E-state index contributed by atoms with van der Waals surface area (Å²) in [6.45, 7) is 6.83. The second-order valence-electron chi connectivity index (χ2n) is 9.54. The molecule has 4 aromatic rings. The second-order valence-corrected chi connectivity index (χ2v) is 9.54. The Morgan fingerprint density at radius 1 is 1.00 bits per heavy atom. The van der Waals surface area contributed by atoms with Crippen LogP contribution in [0.3, 0.4) is 0 Å². The van der Waals surface area contributed by atoms with Crippen LogP contribution in [0.1, 0.15) is 41.0 Å². The van der Waals surface area contributed by atoms with Crippen LogP contribution in [0.5, 0.6) is 0 Å². The number of nitrogens with one attached hydrogen (secondary N) is 2. The minimum atomic E-state index is -0.369. The predicted octanol–water partition coefficient (Wildman–Crippen LogP) is 5.63. The standard InChI is InChI=1S/C31H32FN3O4/c1-4-35(5-2)26-17-27-25(28(31(37)33-3)29(39-27)19-9-11-22(32)12-10-19)16-24(26)20-7-6-8-21(15-20)30(36)34-23-13-14-38-18-23/h6-12,15-17,23H,4-5,13-14,18H2,1-3H3,(H,33,37)(H,34,36). The predicted molar refractivity (Wildman–Crippen MR) is 151 cm³/mol. The van der Waals surface area contributed by atoms with Crippen LogP contribution in [0.25, 0.3) is 33.4 Å². The molecule has 1 saturated heterocycles. The van der Waals surface area contributed by atoms with E-state index >= 15 is 0 Å². The van der Waals surface area contributed by atoms with E-state index in [9.17, 15) is 14.0 Å². The smallest absolute Gasteiger partial charge is 0.255 e. The van der Waals surface area contributed by atoms with E-state index in [4.69, 9.17) is 9.15 Å². The number of benzene rings is 3. The molecule has 1 unspecified atom stereocenters. The fourth-order valence-electron chi connectivity index (χ4n) is 5.09. The molecule has 1 fully saturated rings. The van der Waals surface area contributed by atoms with E-state index in [1.165, 1.54) is 12.1 Å². The van der Waals surface area contributed by atoms with Crippen molar-refractivity contribution in [2.45, 2.75) is 26.3 Å². The number of nitrogens with zero attached hydrogens (tertiary/aromatic N) is 1. The fourth-order valence-corrected chi connectivity index (χ4v) is 5.09. The number of fused-ring (bicyclic) bond motifs is 1. The maximum Gasteiger partial charge on any atom is 0.255 e. The second kappa shape index (κ2) is 11.3. The average molecular weight is 530 g/mol. The first-order valence-electron chi connectivity index (χ1n) is 13.3. The van der Waals surface area contributed by atoms with Gasteiger partial charge in [-0.25, -0.2) is 4.39 Å². The van der Waals surface area contributed by atoms with E-state index in [1.807, 2.05) is 30.3 Å². The molecule has 1 aromatic heterocycles. The number of ether oxygens (including phenoxy) is 1. The lowest BCUT2D eigenvalue weighted by Gasteiger charge is -2.24. The normalized spacial score (nSPS) is 14.9. The van der Waals surface area contributed by atoms with Crippen LogP contribution in [0.4, 0.5) is 10.1 Å². The Bertz CT molecular complexity index is 1500. The first-order valence-corrected chi connectivity index (χ1v) is 13.3. The lowest BCUT2D eigenvalue weighted by atomic mass is 9.96. The molecule has 0 spiro atoms. The van der Waals surface area contributed by atoms with Crippen LogP contribution >= 0.6 is 0 Å². The quantitative estimate of drug-likeness (QED) is 0.309. The van der Waals surface area contributed by atoms with Crippen LogP contribution in [0.2, 0.25) is 0 Å². The lowest BCUT2D eigenvalue weighted by Crippen LogP contribution is -2.34. The Labute approximate surface area is 226 Å². The molecule has 1 atom stereocenters. The van der Waals surface area contributed by atoms with Gasteiger partial charge in [0.05, 0.1) is 18.2 Å². The van der Waals surface area contributed by atoms with Gasteiger partial charge in [-0.3, -0.25) is 9.59 Å². The molecule has 3 aromatic carbocycles. The summed E-state index contributed by atoms with van der Waals surface area (Å²) in [5.41, 5.74) is 4.73. The molecule has 0 radical (unpaired) electrons. The summed E-state index contributed by atoms with van der Waals surface area (Å²) in [6, 6.07) is 17.3. The largest absolute Gasteiger partial charge is 0.455 e. The highest BCUT2D eigenvalue weighted by atomic mass is 19.1. The third-order valence-corrected chi connectivity index (χ3v) is 7.17. The van der Waals surface area contributed by atoms with Gasteiger partial charge in [0.25, 0.3) is 11.8 Å². The zero-order valence-electron chi connectivity index (χ0n) is 22.3. The third kappa shape index (κ3) is 5.25. The van der Waals surface area contributed by atoms with E-state index in [0.29, 0.717) is 46.6 Å². The molecule has 1 aliphatic heterocycles. The Hall–Kier alpha value is -4.17. The van der Waals surface area contributed by atoms with Crippen molar-refractivity contribution in [1.29, 1.82) is 0 Å². The van der Waals surface area contributed by atoms with Crippen molar-refractivity contribution < 1.29 is 23.1 Å². The summed E-state index contributed by atoms with van der Waals surface area (Å²) in [5.74, 6) is -0.446. The maximum absolute atomic E-state index is 13.6. The van der Waals surface area contributed by atoms with Gasteiger partial charge in [-0.05, 0) is 68.3 Å². The number of anilines is 1. The topological polar surface area (TPSA) is 83.8 Å². The van der Waals surface area contributed by atoms with E-state index in [-0.39, 0.29) is 23.7 Å². The van der Waals surface area contributed by atoms with Crippen LogP contribution < -0.4 is 15.5 Å². The van der Waals surface area contributed by atoms with Gasteiger partial charge in [0.1, 0.15) is 17.2 Å². The monoisotopic (exact) mass is 529 g/mol. The molecule has 1 aliphatic rings. The summed E-state index contributed by atoms with van der Waals surface area (Å²) in [6.07, 6.45) is 0.799. The molecule has 0 aliphatic carbocycles.